The molecule has 1 aromatic carbocycles. The molecule has 0 saturated carbocycles. The summed E-state index contributed by atoms with van der Waals surface area (Å²) in [4.78, 5) is 13.2. The van der Waals surface area contributed by atoms with E-state index < -0.39 is 11.7 Å². The molecule has 0 aromatic heterocycles. The molecule has 1 saturated heterocycles. The minimum Gasteiger partial charge on any atom is -0.441 e. The maximum absolute atomic E-state index is 12.8. The van der Waals surface area contributed by atoms with E-state index in [0.29, 0.717) is 25.2 Å². The smallest absolute Gasteiger partial charge is 0.415 e. The number of carbonyl (C=O) groups excluding carboxylic acids is 1. The van der Waals surface area contributed by atoms with Crippen molar-refractivity contribution in [1.29, 1.82) is 0 Å². The summed E-state index contributed by atoms with van der Waals surface area (Å²) >= 11 is 0. The van der Waals surface area contributed by atoms with Gasteiger partial charge in [0.05, 0.1) is 6.54 Å². The third-order valence-electron chi connectivity index (χ3n) is 2.86. The molecule has 17 heavy (non-hydrogen) atoms. The highest BCUT2D eigenvalue weighted by Gasteiger charge is 2.41. The van der Waals surface area contributed by atoms with E-state index in [0.717, 1.165) is 0 Å². The number of carbonyl (C=O) groups is 1. The molecular formula is C12H15FN2O2. The minimum absolute atomic E-state index is 0.328. The molecule has 2 rings (SSSR count). The highest BCUT2D eigenvalue weighted by Crippen LogP contribution is 2.29. The normalized spacial score (nSPS) is 23.9. The van der Waals surface area contributed by atoms with Gasteiger partial charge in [-0.2, -0.15) is 0 Å². The first kappa shape index (κ1) is 11.9. The van der Waals surface area contributed by atoms with Crippen LogP contribution in [0, 0.1) is 5.82 Å². The molecule has 1 aromatic rings. The van der Waals surface area contributed by atoms with E-state index in [1.165, 1.54) is 17.0 Å². The fourth-order valence-corrected chi connectivity index (χ4v) is 1.95. The molecule has 5 heteroatoms. The van der Waals surface area contributed by atoms with Crippen molar-refractivity contribution in [3.05, 3.63) is 30.1 Å². The monoisotopic (exact) mass is 238 g/mol. The van der Waals surface area contributed by atoms with Gasteiger partial charge in [-0.25, -0.2) is 9.18 Å². The summed E-state index contributed by atoms with van der Waals surface area (Å²) in [5, 5.41) is 0. The van der Waals surface area contributed by atoms with Crippen molar-refractivity contribution in [3.8, 4) is 0 Å². The van der Waals surface area contributed by atoms with E-state index in [1.807, 2.05) is 6.92 Å². The summed E-state index contributed by atoms with van der Waals surface area (Å²) in [6.07, 6.45) is 0.198. The first-order chi connectivity index (χ1) is 8.04. The number of cyclic esters (lactones) is 1. The topological polar surface area (TPSA) is 55.6 Å². The molecule has 2 N–H and O–H groups in total. The number of rotatable bonds is 3. The molecule has 1 aliphatic rings. The van der Waals surface area contributed by atoms with Gasteiger partial charge in [0.25, 0.3) is 0 Å². The van der Waals surface area contributed by atoms with Gasteiger partial charge in [-0.15, -0.1) is 0 Å². The molecule has 0 radical (unpaired) electrons. The molecule has 1 heterocycles. The van der Waals surface area contributed by atoms with Gasteiger partial charge >= 0.3 is 6.09 Å². The Bertz CT molecular complexity index is 421. The molecule has 1 aliphatic heterocycles. The molecule has 1 unspecified atom stereocenters. The molecule has 4 nitrogen and oxygen atoms in total. The van der Waals surface area contributed by atoms with E-state index in [1.54, 1.807) is 12.1 Å². The van der Waals surface area contributed by atoms with Crippen molar-refractivity contribution in [1.82, 2.24) is 0 Å². The lowest BCUT2D eigenvalue weighted by Gasteiger charge is -2.20. The minimum atomic E-state index is -0.555. The summed E-state index contributed by atoms with van der Waals surface area (Å²) in [6, 6.07) is 5.76. The summed E-state index contributed by atoms with van der Waals surface area (Å²) in [6.45, 7) is 2.75. The Morgan fingerprint density at radius 3 is 2.71 bits per heavy atom. The van der Waals surface area contributed by atoms with Crippen LogP contribution in [0.2, 0.25) is 0 Å². The van der Waals surface area contributed by atoms with Crippen LogP contribution in [0.15, 0.2) is 24.3 Å². The third-order valence-corrected chi connectivity index (χ3v) is 2.86. The van der Waals surface area contributed by atoms with E-state index in [4.69, 9.17) is 10.5 Å². The van der Waals surface area contributed by atoms with Crippen LogP contribution in [0.5, 0.6) is 0 Å². The molecule has 1 amide bonds. The Balaban J connectivity index is 2.18. The lowest BCUT2D eigenvalue weighted by atomic mass is 10.0. The van der Waals surface area contributed by atoms with Crippen LogP contribution >= 0.6 is 0 Å². The molecule has 92 valence electrons. The zero-order chi connectivity index (χ0) is 12.5. The second kappa shape index (κ2) is 4.33. The number of nitrogens with zero attached hydrogens (tertiary/aromatic N) is 1. The Labute approximate surface area is 99.2 Å². The summed E-state index contributed by atoms with van der Waals surface area (Å²) < 4.78 is 18.1. The Kier molecular flexibility index (Phi) is 3.02. The highest BCUT2D eigenvalue weighted by molar-refractivity contribution is 5.90. The van der Waals surface area contributed by atoms with Crippen LogP contribution in [0.1, 0.15) is 13.3 Å². The van der Waals surface area contributed by atoms with Gasteiger partial charge in [-0.1, -0.05) is 0 Å². The second-order valence-electron chi connectivity index (χ2n) is 4.42. The SMILES string of the molecule is CC1(CCN)CN(c2ccc(F)cc2)C(=O)O1. The molecule has 0 bridgehead atoms. The van der Waals surface area contributed by atoms with E-state index in [2.05, 4.69) is 0 Å². The number of ether oxygens (including phenoxy) is 1. The summed E-state index contributed by atoms with van der Waals surface area (Å²) in [5.41, 5.74) is 5.56. The third kappa shape index (κ3) is 2.39. The van der Waals surface area contributed by atoms with Crippen molar-refractivity contribution in [2.75, 3.05) is 18.0 Å². The maximum Gasteiger partial charge on any atom is 0.415 e. The van der Waals surface area contributed by atoms with Crippen LogP contribution in [-0.4, -0.2) is 24.8 Å². The van der Waals surface area contributed by atoms with Crippen molar-refractivity contribution < 1.29 is 13.9 Å². The zero-order valence-electron chi connectivity index (χ0n) is 9.65. The van der Waals surface area contributed by atoms with Gasteiger partial charge in [0.15, 0.2) is 0 Å². The van der Waals surface area contributed by atoms with Gasteiger partial charge in [0, 0.05) is 12.1 Å². The zero-order valence-corrected chi connectivity index (χ0v) is 9.65. The number of anilines is 1. The van der Waals surface area contributed by atoms with Crippen LogP contribution in [0.25, 0.3) is 0 Å². The Morgan fingerprint density at radius 1 is 1.47 bits per heavy atom. The Hall–Kier alpha value is -1.62. The van der Waals surface area contributed by atoms with E-state index in [-0.39, 0.29) is 5.82 Å². The first-order valence-electron chi connectivity index (χ1n) is 5.50. The predicted molar refractivity (Wildman–Crippen MR) is 62.3 cm³/mol. The van der Waals surface area contributed by atoms with E-state index >= 15 is 0 Å². The maximum atomic E-state index is 12.8. The van der Waals surface area contributed by atoms with Crippen LogP contribution in [0.3, 0.4) is 0 Å². The average molecular weight is 238 g/mol. The summed E-state index contributed by atoms with van der Waals surface area (Å²) in [7, 11) is 0. The fraction of sp³-hybridized carbons (Fsp3) is 0.417. The predicted octanol–water partition coefficient (Wildman–Crippen LogP) is 1.89. The van der Waals surface area contributed by atoms with Crippen molar-refractivity contribution >= 4 is 11.8 Å². The van der Waals surface area contributed by atoms with Crippen molar-refractivity contribution in [2.24, 2.45) is 5.73 Å². The number of hydrogen-bond donors (Lipinski definition) is 1. The van der Waals surface area contributed by atoms with Crippen LogP contribution in [0.4, 0.5) is 14.9 Å². The number of nitrogens with two attached hydrogens (primary N) is 1. The van der Waals surface area contributed by atoms with Crippen molar-refractivity contribution in [2.45, 2.75) is 18.9 Å². The lowest BCUT2D eigenvalue weighted by Crippen LogP contribution is -2.33. The molecule has 0 spiro atoms. The van der Waals surface area contributed by atoms with Gasteiger partial charge in [-0.05, 0) is 37.7 Å². The van der Waals surface area contributed by atoms with Crippen LogP contribution in [-0.2, 0) is 4.74 Å². The largest absolute Gasteiger partial charge is 0.441 e. The molecular weight excluding hydrogens is 223 g/mol. The summed E-state index contributed by atoms with van der Waals surface area (Å²) in [5.74, 6) is -0.328. The molecule has 0 aliphatic carbocycles. The Morgan fingerprint density at radius 2 is 2.12 bits per heavy atom. The fourth-order valence-electron chi connectivity index (χ4n) is 1.95. The first-order valence-corrected chi connectivity index (χ1v) is 5.50. The molecule has 1 fully saturated rings. The number of benzene rings is 1. The second-order valence-corrected chi connectivity index (χ2v) is 4.42. The highest BCUT2D eigenvalue weighted by atomic mass is 19.1. The van der Waals surface area contributed by atoms with Crippen molar-refractivity contribution in [3.63, 3.8) is 0 Å². The van der Waals surface area contributed by atoms with Crippen LogP contribution < -0.4 is 10.6 Å². The number of halogens is 1. The van der Waals surface area contributed by atoms with Gasteiger partial charge in [0.1, 0.15) is 11.4 Å². The van der Waals surface area contributed by atoms with E-state index in [9.17, 15) is 9.18 Å². The average Bonchev–Trinajstić information content (AvgIpc) is 2.56. The van der Waals surface area contributed by atoms with Gasteiger partial charge in [-0.3, -0.25) is 4.90 Å². The number of amides is 1. The number of hydrogen-bond acceptors (Lipinski definition) is 3. The molecule has 1 atom stereocenters. The lowest BCUT2D eigenvalue weighted by molar-refractivity contribution is 0.0672. The van der Waals surface area contributed by atoms with Gasteiger partial charge in [0.2, 0.25) is 0 Å². The van der Waals surface area contributed by atoms with Gasteiger partial charge < -0.3 is 10.5 Å². The quantitative estimate of drug-likeness (QED) is 0.874. The standard InChI is InChI=1S/C12H15FN2O2/c1-12(6-7-14)8-15(11(16)17-12)10-4-2-9(13)3-5-10/h2-5H,6-8,14H2,1H3.